The molecular weight excluding hydrogens is 263 g/mol. The Kier molecular flexibility index (Phi) is 4.77. The van der Waals surface area contributed by atoms with Gasteiger partial charge in [-0.1, -0.05) is 0 Å². The number of hydrogen-bond donors (Lipinski definition) is 2. The molecule has 0 aliphatic rings. The van der Waals surface area contributed by atoms with Gasteiger partial charge in [0.15, 0.2) is 0 Å². The average Bonchev–Trinajstić information content (AvgIpc) is 2.30. The third-order valence-electron chi connectivity index (χ3n) is 2.37. The summed E-state index contributed by atoms with van der Waals surface area (Å²) >= 11 is 0. The molecule has 0 saturated heterocycles. The minimum atomic E-state index is -4.54. The first-order chi connectivity index (χ1) is 8.75. The molecule has 106 valence electrons. The van der Waals surface area contributed by atoms with Crippen molar-refractivity contribution in [2.75, 3.05) is 11.9 Å². The number of phenols is 1. The minimum absolute atomic E-state index is 0.295. The van der Waals surface area contributed by atoms with E-state index in [9.17, 15) is 23.1 Å². The molecule has 0 aromatic heterocycles. The molecule has 19 heavy (non-hydrogen) atoms. The van der Waals surface area contributed by atoms with Crippen LogP contribution in [-0.4, -0.2) is 23.7 Å². The van der Waals surface area contributed by atoms with Crippen molar-refractivity contribution in [1.29, 1.82) is 0 Å². The van der Waals surface area contributed by atoms with Gasteiger partial charge in [0.2, 0.25) is 0 Å². The van der Waals surface area contributed by atoms with Gasteiger partial charge in [0.1, 0.15) is 11.9 Å². The standard InChI is InChI=1S/C12H14F3NO3/c1-3-19-7(2)11(18)16-9-6-8(12(13,14)15)4-5-10(9)17/h4-7,17H,3H2,1-2H3,(H,16,18)/t7-/m0/s1. The van der Waals surface area contributed by atoms with Crippen LogP contribution in [0, 0.1) is 0 Å². The van der Waals surface area contributed by atoms with Crippen molar-refractivity contribution >= 4 is 11.6 Å². The quantitative estimate of drug-likeness (QED) is 0.832. The number of carbonyl (C=O) groups excluding carboxylic acids is 1. The van der Waals surface area contributed by atoms with Crippen molar-refractivity contribution in [3.05, 3.63) is 23.8 Å². The maximum absolute atomic E-state index is 12.5. The highest BCUT2D eigenvalue weighted by Gasteiger charge is 2.31. The van der Waals surface area contributed by atoms with Crippen LogP contribution in [0.5, 0.6) is 5.75 Å². The zero-order valence-electron chi connectivity index (χ0n) is 10.4. The number of phenolic OH excluding ortho intramolecular Hbond substituents is 1. The highest BCUT2D eigenvalue weighted by molar-refractivity contribution is 5.95. The molecule has 0 spiro atoms. The lowest BCUT2D eigenvalue weighted by Crippen LogP contribution is -2.27. The average molecular weight is 277 g/mol. The summed E-state index contributed by atoms with van der Waals surface area (Å²) in [5, 5.41) is 11.6. The summed E-state index contributed by atoms with van der Waals surface area (Å²) in [6, 6.07) is 2.28. The second-order valence-corrected chi connectivity index (χ2v) is 3.82. The van der Waals surface area contributed by atoms with E-state index >= 15 is 0 Å². The fourth-order valence-electron chi connectivity index (χ4n) is 1.37. The number of carbonyl (C=O) groups is 1. The molecule has 1 aromatic carbocycles. The SMILES string of the molecule is CCO[C@@H](C)C(=O)Nc1cc(C(F)(F)F)ccc1O. The summed E-state index contributed by atoms with van der Waals surface area (Å²) in [4.78, 5) is 11.6. The second kappa shape index (κ2) is 5.92. The molecule has 1 atom stereocenters. The van der Waals surface area contributed by atoms with Gasteiger partial charge >= 0.3 is 6.18 Å². The maximum atomic E-state index is 12.5. The molecule has 0 bridgehead atoms. The van der Waals surface area contributed by atoms with Crippen LogP contribution in [0.15, 0.2) is 18.2 Å². The Morgan fingerprint density at radius 2 is 2.11 bits per heavy atom. The van der Waals surface area contributed by atoms with E-state index in [1.165, 1.54) is 6.92 Å². The van der Waals surface area contributed by atoms with Gasteiger partial charge in [-0.25, -0.2) is 0 Å². The van der Waals surface area contributed by atoms with Crippen molar-refractivity contribution in [3.8, 4) is 5.75 Å². The van der Waals surface area contributed by atoms with E-state index in [1.807, 2.05) is 0 Å². The van der Waals surface area contributed by atoms with E-state index in [0.717, 1.165) is 12.1 Å². The number of hydrogen-bond acceptors (Lipinski definition) is 3. The Morgan fingerprint density at radius 3 is 2.63 bits per heavy atom. The van der Waals surface area contributed by atoms with Crippen molar-refractivity contribution in [3.63, 3.8) is 0 Å². The highest BCUT2D eigenvalue weighted by atomic mass is 19.4. The van der Waals surface area contributed by atoms with Crippen LogP contribution < -0.4 is 5.32 Å². The number of benzene rings is 1. The molecule has 1 aromatic rings. The van der Waals surface area contributed by atoms with Crippen LogP contribution in [0.2, 0.25) is 0 Å². The highest BCUT2D eigenvalue weighted by Crippen LogP contribution is 2.34. The van der Waals surface area contributed by atoms with E-state index < -0.39 is 29.5 Å². The molecule has 0 fully saturated rings. The largest absolute Gasteiger partial charge is 0.506 e. The molecule has 0 aliphatic carbocycles. The normalized spacial score (nSPS) is 13.1. The zero-order chi connectivity index (χ0) is 14.6. The lowest BCUT2D eigenvalue weighted by atomic mass is 10.1. The fraction of sp³-hybridized carbons (Fsp3) is 0.417. The molecule has 0 unspecified atom stereocenters. The summed E-state index contributed by atoms with van der Waals surface area (Å²) in [5.74, 6) is -1.07. The van der Waals surface area contributed by atoms with Crippen molar-refractivity contribution in [2.24, 2.45) is 0 Å². The Hall–Kier alpha value is -1.76. The number of aromatic hydroxyl groups is 1. The number of amides is 1. The maximum Gasteiger partial charge on any atom is 0.416 e. The second-order valence-electron chi connectivity index (χ2n) is 3.82. The number of rotatable bonds is 4. The topological polar surface area (TPSA) is 58.6 Å². The number of halogens is 3. The van der Waals surface area contributed by atoms with Crippen LogP contribution in [0.1, 0.15) is 19.4 Å². The first-order valence-corrected chi connectivity index (χ1v) is 5.58. The van der Waals surface area contributed by atoms with E-state index in [4.69, 9.17) is 4.74 Å². The van der Waals surface area contributed by atoms with E-state index in [-0.39, 0.29) is 5.69 Å². The Bertz CT molecular complexity index is 460. The van der Waals surface area contributed by atoms with Crippen LogP contribution in [-0.2, 0) is 15.7 Å². The van der Waals surface area contributed by atoms with E-state index in [2.05, 4.69) is 5.32 Å². The Labute approximate surface area is 108 Å². The van der Waals surface area contributed by atoms with Gasteiger partial charge in [0.25, 0.3) is 5.91 Å². The summed E-state index contributed by atoms with van der Waals surface area (Å²) in [5.41, 5.74) is -1.25. The molecule has 1 rings (SSSR count). The van der Waals surface area contributed by atoms with Gasteiger partial charge in [0, 0.05) is 6.61 Å². The zero-order valence-corrected chi connectivity index (χ0v) is 10.4. The lowest BCUT2D eigenvalue weighted by molar-refractivity contribution is -0.137. The fourth-order valence-corrected chi connectivity index (χ4v) is 1.37. The van der Waals surface area contributed by atoms with Gasteiger partial charge in [-0.2, -0.15) is 13.2 Å². The summed E-state index contributed by atoms with van der Waals surface area (Å²) in [7, 11) is 0. The summed E-state index contributed by atoms with van der Waals surface area (Å²) in [6.45, 7) is 3.44. The third-order valence-corrected chi connectivity index (χ3v) is 2.37. The van der Waals surface area contributed by atoms with Gasteiger partial charge < -0.3 is 15.2 Å². The van der Waals surface area contributed by atoms with Crippen LogP contribution in [0.25, 0.3) is 0 Å². The molecular formula is C12H14F3NO3. The molecule has 0 radical (unpaired) electrons. The van der Waals surface area contributed by atoms with Crippen molar-refractivity contribution in [1.82, 2.24) is 0 Å². The molecule has 4 nitrogen and oxygen atoms in total. The molecule has 7 heteroatoms. The van der Waals surface area contributed by atoms with Crippen molar-refractivity contribution in [2.45, 2.75) is 26.1 Å². The third kappa shape index (κ3) is 4.13. The molecule has 0 saturated carbocycles. The van der Waals surface area contributed by atoms with Gasteiger partial charge in [0.05, 0.1) is 11.3 Å². The molecule has 0 aliphatic heterocycles. The summed E-state index contributed by atoms with van der Waals surface area (Å²) < 4.78 is 42.5. The van der Waals surface area contributed by atoms with Crippen LogP contribution in [0.3, 0.4) is 0 Å². The van der Waals surface area contributed by atoms with E-state index in [1.54, 1.807) is 6.92 Å². The van der Waals surface area contributed by atoms with Gasteiger partial charge in [-0.3, -0.25) is 4.79 Å². The Morgan fingerprint density at radius 1 is 1.47 bits per heavy atom. The first-order valence-electron chi connectivity index (χ1n) is 5.58. The Balaban J connectivity index is 2.92. The van der Waals surface area contributed by atoms with Gasteiger partial charge in [-0.05, 0) is 32.0 Å². The van der Waals surface area contributed by atoms with Crippen molar-refractivity contribution < 1.29 is 27.8 Å². The smallest absolute Gasteiger partial charge is 0.416 e. The number of ether oxygens (including phenoxy) is 1. The van der Waals surface area contributed by atoms with Crippen LogP contribution in [0.4, 0.5) is 18.9 Å². The number of nitrogens with one attached hydrogen (secondary N) is 1. The molecule has 0 heterocycles. The summed E-state index contributed by atoms with van der Waals surface area (Å²) in [6.07, 6.45) is -5.36. The first kappa shape index (κ1) is 15.3. The predicted octanol–water partition coefficient (Wildman–Crippen LogP) is 2.77. The molecule has 2 N–H and O–H groups in total. The van der Waals surface area contributed by atoms with Gasteiger partial charge in [-0.15, -0.1) is 0 Å². The van der Waals surface area contributed by atoms with Crippen LogP contribution >= 0.6 is 0 Å². The molecule has 1 amide bonds. The minimum Gasteiger partial charge on any atom is -0.506 e. The number of anilines is 1. The predicted molar refractivity (Wildman–Crippen MR) is 62.8 cm³/mol. The number of alkyl halides is 3. The lowest BCUT2D eigenvalue weighted by Gasteiger charge is -2.14. The van der Waals surface area contributed by atoms with E-state index in [0.29, 0.717) is 12.7 Å². The monoisotopic (exact) mass is 277 g/mol.